The average molecular weight is 1260 g/mol. The number of hydrogen-bond acceptors (Lipinski definition) is 32. The second-order valence-corrected chi connectivity index (χ2v) is 23.0. The molecule has 6 aromatic rings. The standard InChI is InChI=1S/C43H43N9O24S6/c1-22(72-82(64,65)66)79(56,57)24-9-13-28(38(16-24)77-75-73-54)45-47-30-18-36(69-4)32(20-34(30)67-2)49-51-41-26-17-39(78-76-74-55)42(43(53)25(26)10-11-27(41)44)52-50-33-21-35(68-3)31(19-37(33)70-5)48-46-29-12-8-23(15-40(29)80(58,59)60)7-6-14-71-81(61,62)63/h8-13,15-22,53-55H,6-7,14,44H2,1-5H3,(H,58,59,60)(H,61,62,63)(H,64,65,66). The van der Waals surface area contributed by atoms with Gasteiger partial charge in [0.1, 0.15) is 73.4 Å². The quantitative estimate of drug-likeness (QED) is 0.00456. The van der Waals surface area contributed by atoms with Gasteiger partial charge in [-0.05, 0) is 73.9 Å². The summed E-state index contributed by atoms with van der Waals surface area (Å²) in [6, 6.07) is 16.5. The van der Waals surface area contributed by atoms with Gasteiger partial charge in [0.25, 0.3) is 10.1 Å². The van der Waals surface area contributed by atoms with E-state index in [1.54, 1.807) is 0 Å². The van der Waals surface area contributed by atoms with Crippen LogP contribution in [0.15, 0.2) is 139 Å². The van der Waals surface area contributed by atoms with Gasteiger partial charge < -0.3 is 29.8 Å². The molecule has 6 aromatic carbocycles. The molecular weight excluding hydrogens is 1220 g/mol. The summed E-state index contributed by atoms with van der Waals surface area (Å²) in [5.41, 5.74) is 4.08. The highest BCUT2D eigenvalue weighted by Gasteiger charge is 2.30. The molecule has 8 N–H and O–H groups in total. The highest BCUT2D eigenvalue weighted by molar-refractivity contribution is 7.95. The molecule has 0 bridgehead atoms. The van der Waals surface area contributed by atoms with Crippen LogP contribution in [-0.2, 0) is 74.3 Å². The molecule has 0 amide bonds. The monoisotopic (exact) mass is 1260 g/mol. The lowest BCUT2D eigenvalue weighted by atomic mass is 10.1. The van der Waals surface area contributed by atoms with Crippen LogP contribution in [0.25, 0.3) is 10.8 Å². The molecule has 39 heteroatoms. The fourth-order valence-electron chi connectivity index (χ4n) is 6.94. The molecular formula is C43H43N9O24S6. The van der Waals surface area contributed by atoms with Crippen LogP contribution in [0.1, 0.15) is 18.9 Å². The highest BCUT2D eigenvalue weighted by atomic mass is 32.3. The fourth-order valence-corrected chi connectivity index (χ4v) is 11.0. The molecule has 0 heterocycles. The maximum Gasteiger partial charge on any atom is 0.398 e. The Labute approximate surface area is 473 Å². The van der Waals surface area contributed by atoms with Gasteiger partial charge in [-0.15, -0.1) is 49.6 Å². The van der Waals surface area contributed by atoms with Gasteiger partial charge in [-0.3, -0.25) is 13.7 Å². The van der Waals surface area contributed by atoms with Crippen molar-refractivity contribution >= 4 is 127 Å². The topological polar surface area (TPSA) is 475 Å². The van der Waals surface area contributed by atoms with Gasteiger partial charge in [0.15, 0.2) is 11.2 Å². The number of phenolic OH excluding ortho intramolecular Hbond substituents is 1. The number of rotatable bonds is 28. The van der Waals surface area contributed by atoms with E-state index in [0.717, 1.165) is 31.2 Å². The van der Waals surface area contributed by atoms with Crippen molar-refractivity contribution in [3.05, 3.63) is 84.4 Å². The van der Waals surface area contributed by atoms with Crippen molar-refractivity contribution in [2.75, 3.05) is 40.8 Å². The number of fused-ring (bicyclic) bond motifs is 1. The summed E-state index contributed by atoms with van der Waals surface area (Å²) in [5.74, 6) is -0.455. The lowest BCUT2D eigenvalue weighted by Gasteiger charge is -2.13. The minimum atomic E-state index is -5.16. The fraction of sp³-hybridized carbons (Fsp3) is 0.209. The van der Waals surface area contributed by atoms with E-state index in [-0.39, 0.29) is 120 Å². The van der Waals surface area contributed by atoms with Gasteiger partial charge in [0.05, 0.1) is 79.5 Å². The first-order chi connectivity index (χ1) is 38.7. The van der Waals surface area contributed by atoms with E-state index in [1.807, 2.05) is 0 Å². The molecule has 440 valence electrons. The van der Waals surface area contributed by atoms with Gasteiger partial charge in [-0.25, -0.2) is 27.3 Å². The summed E-state index contributed by atoms with van der Waals surface area (Å²) >= 11 is 0.666. The zero-order chi connectivity index (χ0) is 60.2. The molecule has 82 heavy (non-hydrogen) atoms. The van der Waals surface area contributed by atoms with Gasteiger partial charge in [-0.2, -0.15) is 25.3 Å². The summed E-state index contributed by atoms with van der Waals surface area (Å²) in [6.45, 7) is 0.455. The van der Waals surface area contributed by atoms with Crippen LogP contribution in [0.3, 0.4) is 0 Å². The third-order valence-corrected chi connectivity index (χ3v) is 15.8. The maximum absolute atomic E-state index is 13.0. The highest BCUT2D eigenvalue weighted by Crippen LogP contribution is 2.50. The number of nitrogens with two attached hydrogens (primary N) is 1. The lowest BCUT2D eigenvalue weighted by molar-refractivity contribution is -0.432. The molecule has 0 aromatic heterocycles. The van der Waals surface area contributed by atoms with E-state index in [4.69, 9.17) is 48.6 Å². The molecule has 0 saturated heterocycles. The first kappa shape index (κ1) is 64.0. The van der Waals surface area contributed by atoms with Gasteiger partial charge in [-0.1, -0.05) is 16.1 Å². The number of aromatic hydroxyl groups is 1. The average Bonchev–Trinajstić information content (AvgIpc) is 2.68. The molecule has 1 unspecified atom stereocenters. The Morgan fingerprint density at radius 2 is 1.04 bits per heavy atom. The van der Waals surface area contributed by atoms with Crippen LogP contribution < -0.4 is 24.7 Å². The Hall–Kier alpha value is -7.16. The van der Waals surface area contributed by atoms with Crippen LogP contribution in [0.2, 0.25) is 0 Å². The maximum atomic E-state index is 13.0. The number of methoxy groups -OCH3 is 4. The van der Waals surface area contributed by atoms with Crippen LogP contribution in [0.4, 0.5) is 51.2 Å². The minimum Gasteiger partial charge on any atom is -0.505 e. The van der Waals surface area contributed by atoms with Crippen molar-refractivity contribution < 1.29 is 109 Å². The van der Waals surface area contributed by atoms with Crippen LogP contribution >= 0.6 is 24.1 Å². The van der Waals surface area contributed by atoms with E-state index in [1.165, 1.54) is 83.0 Å². The van der Waals surface area contributed by atoms with Crippen molar-refractivity contribution in [3.8, 4) is 28.7 Å². The number of anilines is 1. The van der Waals surface area contributed by atoms with E-state index in [2.05, 4.69) is 63.7 Å². The molecule has 0 aliphatic heterocycles. The summed E-state index contributed by atoms with van der Waals surface area (Å²) < 4.78 is 162. The Kier molecular flexibility index (Phi) is 21.7. The Balaban J connectivity index is 1.32. The molecule has 0 spiro atoms. The number of benzene rings is 6. The smallest absolute Gasteiger partial charge is 0.398 e. The molecule has 0 radical (unpaired) electrons. The van der Waals surface area contributed by atoms with Crippen molar-refractivity contribution in [2.24, 2.45) is 40.9 Å². The molecule has 6 rings (SSSR count). The van der Waals surface area contributed by atoms with E-state index >= 15 is 0 Å². The van der Waals surface area contributed by atoms with Crippen molar-refractivity contribution in [1.82, 2.24) is 0 Å². The number of nitrogens with zero attached hydrogens (tertiary/aromatic N) is 8. The Morgan fingerprint density at radius 3 is 1.54 bits per heavy atom. The van der Waals surface area contributed by atoms with E-state index < -0.39 is 68.3 Å². The summed E-state index contributed by atoms with van der Waals surface area (Å²) in [6.07, 6.45) is 0.132. The third-order valence-electron chi connectivity index (χ3n) is 10.7. The zero-order valence-electron chi connectivity index (χ0n) is 42.3. The Morgan fingerprint density at radius 1 is 0.549 bits per heavy atom. The number of aryl methyl sites for hydroxylation is 1. The predicted octanol–water partition coefficient (Wildman–Crippen LogP) is 10.6. The van der Waals surface area contributed by atoms with E-state index in [0.29, 0.717) is 17.6 Å². The molecule has 0 aliphatic rings. The SMILES string of the molecule is COc1cc(N=Nc2c(N)ccc3c(O)c(N=Nc4cc(OC)c(N=Nc5ccc(CCCOS(=O)(=O)O)cc5S(=O)(=O)O)cc4OC)c(SOOO)cc23)c(OC)cc1N=Nc1ccc(S(=O)(=O)C(C)OS(=O)(=O)O)cc1SOOO. The third kappa shape index (κ3) is 16.5. The minimum absolute atomic E-state index is 0.00186. The number of phenols is 1. The zero-order valence-corrected chi connectivity index (χ0v) is 47.2. The summed E-state index contributed by atoms with van der Waals surface area (Å²) in [5, 5.41) is 71.0. The second-order valence-electron chi connectivity index (χ2n) is 15.7. The number of ether oxygens (including phenoxy) is 4. The number of nitrogen functional groups attached to an aromatic ring is 1. The normalized spacial score (nSPS) is 13.0. The van der Waals surface area contributed by atoms with Crippen molar-refractivity contribution in [1.29, 1.82) is 0 Å². The summed E-state index contributed by atoms with van der Waals surface area (Å²) in [7, 11) is -14.2. The number of sulfone groups is 1. The molecule has 1 atom stereocenters. The number of hydrogen-bond donors (Lipinski definition) is 7. The first-order valence-corrected chi connectivity index (χ1v) is 29.3. The molecule has 0 aliphatic carbocycles. The van der Waals surface area contributed by atoms with Gasteiger partial charge in [0.2, 0.25) is 9.84 Å². The van der Waals surface area contributed by atoms with Crippen molar-refractivity contribution in [2.45, 2.75) is 44.8 Å². The van der Waals surface area contributed by atoms with Gasteiger partial charge in [0, 0.05) is 35.0 Å². The first-order valence-electron chi connectivity index (χ1n) is 22.1. The molecule has 0 fully saturated rings. The Bertz CT molecular complexity index is 3950. The second kappa shape index (κ2) is 27.7. The largest absolute Gasteiger partial charge is 0.505 e. The molecule has 0 saturated carbocycles. The number of azo groups is 4. The summed E-state index contributed by atoms with van der Waals surface area (Å²) in [4.78, 5) is -1.33. The van der Waals surface area contributed by atoms with E-state index in [9.17, 15) is 43.3 Å². The molecule has 33 nitrogen and oxygen atoms in total. The predicted molar refractivity (Wildman–Crippen MR) is 285 cm³/mol. The van der Waals surface area contributed by atoms with Gasteiger partial charge >= 0.3 is 20.8 Å². The van der Waals surface area contributed by atoms with Crippen molar-refractivity contribution in [3.63, 3.8) is 0 Å². The van der Waals surface area contributed by atoms with Crippen LogP contribution in [0, 0.1) is 0 Å². The van der Waals surface area contributed by atoms with Crippen LogP contribution in [-0.4, -0.2) is 103 Å². The lowest BCUT2D eigenvalue weighted by Crippen LogP contribution is -2.24. The van der Waals surface area contributed by atoms with Crippen LogP contribution in [0.5, 0.6) is 28.7 Å².